The summed E-state index contributed by atoms with van der Waals surface area (Å²) in [6.07, 6.45) is 5.37. The number of primary amides is 1. The van der Waals surface area contributed by atoms with E-state index < -0.39 is 73.2 Å². The molecular weight excluding hydrogens is 622 g/mol. The molecule has 0 aromatic rings. The molecule has 1 aliphatic heterocycles. The number of sulfone groups is 1. The number of hydrogen-bond donors (Lipinski definition) is 4. The molecule has 5 N–H and O–H groups in total. The molecule has 0 aromatic heterocycles. The molecule has 1 heterocycles. The number of nitrogens with one attached hydrogen (secondary N) is 3. The van der Waals surface area contributed by atoms with Gasteiger partial charge in [-0.3, -0.25) is 19.2 Å². The van der Waals surface area contributed by atoms with Gasteiger partial charge in [0.1, 0.15) is 12.1 Å². The van der Waals surface area contributed by atoms with Crippen molar-refractivity contribution in [3.05, 3.63) is 0 Å². The topological polar surface area (TPSA) is 185 Å². The summed E-state index contributed by atoms with van der Waals surface area (Å²) in [7, 11) is -3.57. The fourth-order valence-corrected chi connectivity index (χ4v) is 7.93. The molecule has 1 saturated carbocycles. The molecule has 2 rings (SSSR count). The number of Topliss-reactive ketones (excluding diaryl/α,β-unsaturated/α-hetero) is 1. The highest BCUT2D eigenvalue weighted by Gasteiger charge is 2.48. The standard InChI is InChI=1S/C34H61N5O7S/c1-11-12-16-23(25(40)27(35)41)36-28(42)24-19-33(9,10)22(2)20-39(24)29(43)26(31(3,4)5)37-30(44)38-34(17-14-13-15-18-34)21-47(45,46)32(6,7)8/h22-24,26H,11-21H2,1-10H3,(H2,35,41)(H,36,42)(H2,37,38,44)/t22?,23?,24-,26+/m0/s1. The molecule has 0 aromatic carbocycles. The van der Waals surface area contributed by atoms with Crippen LogP contribution < -0.4 is 21.7 Å². The van der Waals surface area contributed by atoms with Gasteiger partial charge < -0.3 is 26.6 Å². The van der Waals surface area contributed by atoms with Crippen molar-refractivity contribution < 1.29 is 32.4 Å². The van der Waals surface area contributed by atoms with Crippen molar-refractivity contribution in [1.29, 1.82) is 0 Å². The van der Waals surface area contributed by atoms with Crippen LogP contribution in [0.3, 0.4) is 0 Å². The second kappa shape index (κ2) is 15.2. The number of nitrogens with two attached hydrogens (primary N) is 1. The van der Waals surface area contributed by atoms with Crippen LogP contribution in [-0.4, -0.2) is 83.6 Å². The number of likely N-dealkylation sites (tertiary alicyclic amines) is 1. The Kier molecular flexibility index (Phi) is 13.1. The van der Waals surface area contributed by atoms with E-state index >= 15 is 0 Å². The summed E-state index contributed by atoms with van der Waals surface area (Å²) >= 11 is 0. The quantitative estimate of drug-likeness (QED) is 0.226. The number of rotatable bonds is 12. The number of amides is 5. The number of carbonyl (C=O) groups is 5. The zero-order chi connectivity index (χ0) is 36.2. The molecular formula is C34H61N5O7S. The van der Waals surface area contributed by atoms with E-state index in [1.54, 1.807) is 20.8 Å². The van der Waals surface area contributed by atoms with E-state index in [2.05, 4.69) is 16.0 Å². The average molecular weight is 684 g/mol. The third kappa shape index (κ3) is 10.4. The zero-order valence-electron chi connectivity index (χ0n) is 30.4. The van der Waals surface area contributed by atoms with E-state index in [-0.39, 0.29) is 30.1 Å². The molecule has 12 nitrogen and oxygen atoms in total. The number of nitrogens with zero attached hydrogens (tertiary/aromatic N) is 1. The van der Waals surface area contributed by atoms with Gasteiger partial charge in [0.2, 0.25) is 17.6 Å². The van der Waals surface area contributed by atoms with Gasteiger partial charge in [-0.25, -0.2) is 13.2 Å². The number of piperidine rings is 1. The predicted molar refractivity (Wildman–Crippen MR) is 183 cm³/mol. The second-order valence-electron chi connectivity index (χ2n) is 16.6. The Morgan fingerprint density at radius 3 is 2.02 bits per heavy atom. The zero-order valence-corrected chi connectivity index (χ0v) is 31.2. The Morgan fingerprint density at radius 1 is 0.957 bits per heavy atom. The smallest absolute Gasteiger partial charge is 0.315 e. The van der Waals surface area contributed by atoms with Gasteiger partial charge in [0.25, 0.3) is 5.91 Å². The van der Waals surface area contributed by atoms with Gasteiger partial charge in [-0.15, -0.1) is 0 Å². The molecule has 1 aliphatic carbocycles. The van der Waals surface area contributed by atoms with E-state index in [0.29, 0.717) is 25.7 Å². The molecule has 13 heteroatoms. The number of urea groups is 1. The molecule has 2 aliphatic rings. The third-order valence-corrected chi connectivity index (χ3v) is 13.0. The van der Waals surface area contributed by atoms with Crippen LogP contribution in [0.2, 0.25) is 0 Å². The first-order chi connectivity index (χ1) is 21.4. The summed E-state index contributed by atoms with van der Waals surface area (Å²) < 4.78 is 25.6. The summed E-state index contributed by atoms with van der Waals surface area (Å²) in [5.41, 5.74) is 3.20. The number of unbranched alkanes of at least 4 members (excludes halogenated alkanes) is 1. The molecule has 1 saturated heterocycles. The molecule has 47 heavy (non-hydrogen) atoms. The average Bonchev–Trinajstić information content (AvgIpc) is 2.93. The third-order valence-electron chi connectivity index (χ3n) is 10.2. The maximum Gasteiger partial charge on any atom is 0.315 e. The van der Waals surface area contributed by atoms with E-state index in [1.165, 1.54) is 4.90 Å². The summed E-state index contributed by atoms with van der Waals surface area (Å²) in [4.78, 5) is 67.8. The highest BCUT2D eigenvalue weighted by molar-refractivity contribution is 7.92. The lowest BCUT2D eigenvalue weighted by Gasteiger charge is -2.49. The fraction of sp³-hybridized carbons (Fsp3) is 0.853. The van der Waals surface area contributed by atoms with Crippen molar-refractivity contribution in [3.8, 4) is 0 Å². The van der Waals surface area contributed by atoms with Gasteiger partial charge in [-0.2, -0.15) is 0 Å². The Balaban J connectivity index is 2.42. The molecule has 4 atom stereocenters. The van der Waals surface area contributed by atoms with Crippen LogP contribution >= 0.6 is 0 Å². The van der Waals surface area contributed by atoms with Crippen LogP contribution in [0.5, 0.6) is 0 Å². The van der Waals surface area contributed by atoms with E-state index in [4.69, 9.17) is 5.73 Å². The highest BCUT2D eigenvalue weighted by Crippen LogP contribution is 2.40. The number of hydrogen-bond acceptors (Lipinski definition) is 7. The van der Waals surface area contributed by atoms with Crippen molar-refractivity contribution in [1.82, 2.24) is 20.9 Å². The van der Waals surface area contributed by atoms with Crippen molar-refractivity contribution >= 4 is 39.4 Å². The summed E-state index contributed by atoms with van der Waals surface area (Å²) in [5, 5.41) is 8.56. The lowest BCUT2D eigenvalue weighted by molar-refractivity contribution is -0.151. The van der Waals surface area contributed by atoms with Crippen molar-refractivity contribution in [2.75, 3.05) is 12.3 Å². The SMILES string of the molecule is CCCCC(NC(=O)[C@@H]1CC(C)(C)C(C)CN1C(=O)[C@@H](NC(=O)NC1(CS(=O)(=O)C(C)(C)C)CCCCC1)C(C)(C)C)C(=O)C(N)=O. The maximum absolute atomic E-state index is 14.5. The van der Waals surface area contributed by atoms with Gasteiger partial charge >= 0.3 is 6.03 Å². The van der Waals surface area contributed by atoms with Crippen LogP contribution in [-0.2, 0) is 29.0 Å². The van der Waals surface area contributed by atoms with Gasteiger partial charge in [-0.1, -0.05) is 80.6 Å². The van der Waals surface area contributed by atoms with Crippen molar-refractivity contribution in [2.45, 2.75) is 155 Å². The molecule has 0 radical (unpaired) electrons. The van der Waals surface area contributed by atoms with Gasteiger partial charge in [0.15, 0.2) is 9.84 Å². The molecule has 2 unspecified atom stereocenters. The van der Waals surface area contributed by atoms with E-state index in [1.807, 2.05) is 48.5 Å². The van der Waals surface area contributed by atoms with Crippen LogP contribution in [0.1, 0.15) is 127 Å². The first kappa shape index (κ1) is 40.5. The van der Waals surface area contributed by atoms with Gasteiger partial charge in [-0.05, 0) is 63.2 Å². The van der Waals surface area contributed by atoms with Crippen LogP contribution in [0.25, 0.3) is 0 Å². The van der Waals surface area contributed by atoms with Gasteiger partial charge in [0, 0.05) is 6.54 Å². The Morgan fingerprint density at radius 2 is 1.53 bits per heavy atom. The molecule has 2 fully saturated rings. The molecule has 5 amide bonds. The van der Waals surface area contributed by atoms with Crippen molar-refractivity contribution in [2.24, 2.45) is 22.5 Å². The van der Waals surface area contributed by atoms with Crippen LogP contribution in [0.15, 0.2) is 0 Å². The van der Waals surface area contributed by atoms with Crippen LogP contribution in [0.4, 0.5) is 4.79 Å². The maximum atomic E-state index is 14.5. The number of carbonyl (C=O) groups excluding carboxylic acids is 5. The minimum atomic E-state index is -3.57. The normalized spacial score (nSPS) is 22.8. The first-order valence-corrected chi connectivity index (χ1v) is 18.8. The predicted octanol–water partition coefficient (Wildman–Crippen LogP) is 3.61. The van der Waals surface area contributed by atoms with Gasteiger partial charge in [0.05, 0.1) is 22.1 Å². The largest absolute Gasteiger partial charge is 0.363 e. The van der Waals surface area contributed by atoms with E-state index in [9.17, 15) is 32.4 Å². The summed E-state index contributed by atoms with van der Waals surface area (Å²) in [6.45, 7) is 18.6. The molecule has 0 bridgehead atoms. The number of ketones is 1. The Labute approximate surface area is 282 Å². The Bertz CT molecular complexity index is 1280. The minimum Gasteiger partial charge on any atom is -0.363 e. The highest BCUT2D eigenvalue weighted by atomic mass is 32.2. The first-order valence-electron chi connectivity index (χ1n) is 17.1. The molecule has 270 valence electrons. The lowest BCUT2D eigenvalue weighted by atomic mass is 9.71. The molecule has 0 spiro atoms. The summed E-state index contributed by atoms with van der Waals surface area (Å²) in [5.74, 6) is -3.23. The van der Waals surface area contributed by atoms with Crippen LogP contribution in [0, 0.1) is 16.7 Å². The Hall–Kier alpha value is -2.70. The fourth-order valence-electron chi connectivity index (χ4n) is 6.41. The van der Waals surface area contributed by atoms with E-state index in [0.717, 1.165) is 25.7 Å². The lowest BCUT2D eigenvalue weighted by Crippen LogP contribution is -2.66. The monoisotopic (exact) mass is 683 g/mol. The minimum absolute atomic E-state index is 0.00111. The van der Waals surface area contributed by atoms with Crippen molar-refractivity contribution in [3.63, 3.8) is 0 Å². The second-order valence-corrected chi connectivity index (χ2v) is 19.4. The summed E-state index contributed by atoms with van der Waals surface area (Å²) in [6, 6.07) is -3.76.